The molecule has 248 valence electrons. The second-order valence-corrected chi connectivity index (χ2v) is 11.9. The van der Waals surface area contributed by atoms with Crippen molar-refractivity contribution in [2.45, 2.75) is 56.3 Å². The highest BCUT2D eigenvalue weighted by molar-refractivity contribution is 7.98. The van der Waals surface area contributed by atoms with E-state index in [1.807, 2.05) is 6.26 Å². The molecule has 1 fully saturated rings. The Bertz CT molecular complexity index is 1460. The maximum Gasteiger partial charge on any atom is 0.270 e. The maximum atomic E-state index is 13.9. The number of Topliss-reactive ketones (excluding diaryl/α,β-unsaturated/α-hetero) is 1. The zero-order chi connectivity index (χ0) is 34.0. The van der Waals surface area contributed by atoms with Crippen molar-refractivity contribution in [2.75, 3.05) is 25.1 Å². The molecule has 0 aliphatic carbocycles. The number of benzene rings is 2. The minimum absolute atomic E-state index is 0.0593. The molecule has 4 amide bonds. The Morgan fingerprint density at radius 1 is 1.07 bits per heavy atom. The molecule has 46 heavy (non-hydrogen) atoms. The van der Waals surface area contributed by atoms with E-state index >= 15 is 0 Å². The van der Waals surface area contributed by atoms with Crippen LogP contribution in [0.25, 0.3) is 0 Å². The predicted molar refractivity (Wildman–Crippen MR) is 171 cm³/mol. The van der Waals surface area contributed by atoms with Crippen LogP contribution < -0.4 is 27.8 Å². The molecule has 1 heterocycles. The van der Waals surface area contributed by atoms with Gasteiger partial charge in [-0.3, -0.25) is 34.1 Å². The van der Waals surface area contributed by atoms with Crippen molar-refractivity contribution < 1.29 is 34.0 Å². The number of non-ortho nitro benzene ring substituents is 1. The fourth-order valence-corrected chi connectivity index (χ4v) is 5.68. The second-order valence-electron chi connectivity index (χ2n) is 10.9. The van der Waals surface area contributed by atoms with E-state index in [9.17, 15) is 39.2 Å². The smallest absolute Gasteiger partial charge is 0.270 e. The van der Waals surface area contributed by atoms with Gasteiger partial charge in [0, 0.05) is 30.7 Å². The molecule has 3 rings (SSSR count). The first-order valence-corrected chi connectivity index (χ1v) is 16.0. The maximum absolute atomic E-state index is 13.9. The first-order valence-electron chi connectivity index (χ1n) is 14.6. The van der Waals surface area contributed by atoms with Gasteiger partial charge in [-0.15, -0.1) is 0 Å². The molecule has 2 aromatic carbocycles. The van der Waals surface area contributed by atoms with Crippen LogP contribution in [0.1, 0.15) is 40.7 Å². The third-order valence-corrected chi connectivity index (χ3v) is 8.31. The van der Waals surface area contributed by atoms with Crippen LogP contribution in [0.4, 0.5) is 5.69 Å². The van der Waals surface area contributed by atoms with Crippen LogP contribution in [0, 0.1) is 10.1 Å². The van der Waals surface area contributed by atoms with Crippen molar-refractivity contribution in [1.29, 1.82) is 0 Å². The summed E-state index contributed by atoms with van der Waals surface area (Å²) in [6.45, 7) is -0.255. The quantitative estimate of drug-likeness (QED) is 0.0780. The summed E-state index contributed by atoms with van der Waals surface area (Å²) < 4.78 is 0. The Morgan fingerprint density at radius 2 is 1.74 bits per heavy atom. The molecule has 0 spiro atoms. The average Bonchev–Trinajstić information content (AvgIpc) is 3.53. The van der Waals surface area contributed by atoms with Crippen LogP contribution in [0.3, 0.4) is 0 Å². The Hall–Kier alpha value is -4.54. The molecular weight excluding hydrogens is 618 g/mol. The van der Waals surface area contributed by atoms with E-state index in [2.05, 4.69) is 10.6 Å². The number of nitrogens with one attached hydrogen (secondary N) is 2. The number of phenols is 1. The molecule has 4 unspecified atom stereocenters. The summed E-state index contributed by atoms with van der Waals surface area (Å²) in [6, 6.07) is 5.35. The summed E-state index contributed by atoms with van der Waals surface area (Å²) in [5, 5.41) is 26.2. The van der Waals surface area contributed by atoms with Gasteiger partial charge in [-0.25, -0.2) is 0 Å². The number of phenolic OH excluding ortho intramolecular Hbond substituents is 1. The molecule has 0 bridgehead atoms. The van der Waals surface area contributed by atoms with Crippen molar-refractivity contribution in [3.63, 3.8) is 0 Å². The fraction of sp³-hybridized carbons (Fsp3) is 0.433. The summed E-state index contributed by atoms with van der Waals surface area (Å²) in [4.78, 5) is 77.4. The largest absolute Gasteiger partial charge is 0.508 e. The topological polar surface area (TPSA) is 254 Å². The Labute approximate surface area is 269 Å². The normalized spacial score (nSPS) is 16.2. The molecule has 1 saturated heterocycles. The van der Waals surface area contributed by atoms with Crippen molar-refractivity contribution in [1.82, 2.24) is 15.5 Å². The van der Waals surface area contributed by atoms with E-state index in [0.29, 0.717) is 24.2 Å². The monoisotopic (exact) mass is 657 g/mol. The summed E-state index contributed by atoms with van der Waals surface area (Å²) in [7, 11) is 0. The van der Waals surface area contributed by atoms with Crippen molar-refractivity contribution in [3.8, 4) is 5.75 Å². The van der Waals surface area contributed by atoms with Gasteiger partial charge in [0.15, 0.2) is 5.78 Å². The highest BCUT2D eigenvalue weighted by Gasteiger charge is 2.38. The summed E-state index contributed by atoms with van der Waals surface area (Å²) >= 11 is 1.43. The number of thioether (sulfide) groups is 1. The molecule has 9 N–H and O–H groups in total. The Morgan fingerprint density at radius 3 is 2.35 bits per heavy atom. The lowest BCUT2D eigenvalue weighted by Gasteiger charge is -2.29. The molecule has 4 atom stereocenters. The molecule has 1 aliphatic heterocycles. The molecule has 2 aromatic rings. The number of carbonyl (C=O) groups is 5. The number of hydrogen-bond acceptors (Lipinski definition) is 11. The number of rotatable bonds is 16. The number of carbonyl (C=O) groups excluding carboxylic acids is 5. The van der Waals surface area contributed by atoms with Gasteiger partial charge in [-0.05, 0) is 61.0 Å². The lowest BCUT2D eigenvalue weighted by molar-refractivity contribution is -0.384. The van der Waals surface area contributed by atoms with E-state index in [4.69, 9.17) is 17.2 Å². The molecule has 0 saturated carbocycles. The van der Waals surface area contributed by atoms with Gasteiger partial charge in [0.05, 0.1) is 17.5 Å². The third-order valence-electron chi connectivity index (χ3n) is 7.67. The third kappa shape index (κ3) is 9.48. The summed E-state index contributed by atoms with van der Waals surface area (Å²) in [5.74, 6) is -2.75. The number of nitrogens with zero attached hydrogens (tertiary/aromatic N) is 2. The van der Waals surface area contributed by atoms with Crippen molar-refractivity contribution in [2.24, 2.45) is 17.2 Å². The number of hydrogen-bond donors (Lipinski definition) is 6. The zero-order valence-corrected chi connectivity index (χ0v) is 26.2. The number of nitro benzene ring substituents is 1. The highest BCUT2D eigenvalue weighted by atomic mass is 32.2. The van der Waals surface area contributed by atoms with Crippen LogP contribution in [0.5, 0.6) is 5.75 Å². The number of nitro groups is 1. The van der Waals surface area contributed by atoms with E-state index < -0.39 is 65.0 Å². The first kappa shape index (κ1) is 35.9. The minimum Gasteiger partial charge on any atom is -0.508 e. The molecule has 1 aliphatic rings. The number of amides is 4. The lowest BCUT2D eigenvalue weighted by atomic mass is 9.95. The predicted octanol–water partition coefficient (Wildman–Crippen LogP) is -0.247. The van der Waals surface area contributed by atoms with E-state index in [1.54, 1.807) is 12.1 Å². The van der Waals surface area contributed by atoms with Crippen LogP contribution >= 0.6 is 11.8 Å². The van der Waals surface area contributed by atoms with Crippen molar-refractivity contribution >= 4 is 46.9 Å². The standard InChI is InChI=1S/C30H39N7O8S/c1-46-12-10-23(34-28(41)22(32)13-17-4-8-20(38)9-5-17)29(42)35-24(30(43)36-11-2-3-25(36)27(33)40)14-18-6-7-19(37(44)45)15-21(18)26(39)16-31/h4-9,15,22-25,38H,2-3,10-14,16,31-32H2,1H3,(H2,33,40)(H,34,41)(H,35,42). The van der Waals surface area contributed by atoms with Crippen LogP contribution in [0.15, 0.2) is 42.5 Å². The van der Waals surface area contributed by atoms with E-state index in [1.165, 1.54) is 40.9 Å². The van der Waals surface area contributed by atoms with Gasteiger partial charge in [0.1, 0.15) is 23.9 Å². The van der Waals surface area contributed by atoms with Crippen molar-refractivity contribution in [3.05, 3.63) is 69.3 Å². The first-order chi connectivity index (χ1) is 21.9. The molecule has 0 radical (unpaired) electrons. The van der Waals surface area contributed by atoms with Gasteiger partial charge in [-0.2, -0.15) is 11.8 Å². The van der Waals surface area contributed by atoms with Gasteiger partial charge in [0.2, 0.25) is 23.6 Å². The highest BCUT2D eigenvalue weighted by Crippen LogP contribution is 2.23. The SMILES string of the molecule is CSCCC(NC(=O)C(N)Cc1ccc(O)cc1)C(=O)NC(Cc1ccc([N+](=O)[O-])cc1C(=O)CN)C(=O)N1CCCC1C(N)=O. The van der Waals surface area contributed by atoms with E-state index in [-0.39, 0.29) is 48.4 Å². The van der Waals surface area contributed by atoms with E-state index in [0.717, 1.165) is 6.07 Å². The van der Waals surface area contributed by atoms with Gasteiger partial charge in [0.25, 0.3) is 5.69 Å². The number of aromatic hydroxyl groups is 1. The number of likely N-dealkylation sites (tertiary alicyclic amines) is 1. The van der Waals surface area contributed by atoms with Gasteiger partial charge < -0.3 is 37.8 Å². The zero-order valence-electron chi connectivity index (χ0n) is 25.3. The molecule has 0 aromatic heterocycles. The number of nitrogens with two attached hydrogens (primary N) is 3. The lowest BCUT2D eigenvalue weighted by Crippen LogP contribution is -2.58. The fourth-order valence-electron chi connectivity index (χ4n) is 5.21. The summed E-state index contributed by atoms with van der Waals surface area (Å²) in [6.07, 6.45) is 2.71. The van der Waals surface area contributed by atoms with Crippen LogP contribution in [0.2, 0.25) is 0 Å². The summed E-state index contributed by atoms with van der Waals surface area (Å²) in [5.41, 5.74) is 17.7. The second kappa shape index (κ2) is 16.7. The molecule has 15 nitrogen and oxygen atoms in total. The minimum atomic E-state index is -1.34. The average molecular weight is 658 g/mol. The van der Waals surface area contributed by atoms with Gasteiger partial charge >= 0.3 is 0 Å². The van der Waals surface area contributed by atoms with Crippen LogP contribution in [-0.4, -0.2) is 93.6 Å². The Kier molecular flexibility index (Phi) is 13.0. The van der Waals surface area contributed by atoms with Crippen LogP contribution in [-0.2, 0) is 32.0 Å². The molecule has 16 heteroatoms. The molecular formula is C30H39N7O8S. The Balaban J connectivity index is 1.90. The van der Waals surface area contributed by atoms with Gasteiger partial charge in [-0.1, -0.05) is 18.2 Å². The number of primary amides is 1. The number of ketones is 1.